The molecule has 1 fully saturated rings. The van der Waals surface area contributed by atoms with E-state index in [9.17, 15) is 4.79 Å². The fourth-order valence-corrected chi connectivity index (χ4v) is 4.14. The molecule has 1 heterocycles. The van der Waals surface area contributed by atoms with Gasteiger partial charge in [0.05, 0.1) is 0 Å². The van der Waals surface area contributed by atoms with Crippen molar-refractivity contribution in [3.05, 3.63) is 72.3 Å². The molecule has 3 nitrogen and oxygen atoms in total. The minimum atomic E-state index is 0.162. The van der Waals surface area contributed by atoms with E-state index in [1.54, 1.807) is 0 Å². The lowest BCUT2D eigenvalue weighted by Gasteiger charge is -2.36. The number of piperazine rings is 1. The van der Waals surface area contributed by atoms with Crippen molar-refractivity contribution < 1.29 is 4.79 Å². The van der Waals surface area contributed by atoms with Crippen LogP contribution in [0.15, 0.2) is 66.7 Å². The SMILES string of the molecule is O=C(c1ccc(-c2ccccc2)cc1)N1CCN(CC2CC=CCC2)CC1. The lowest BCUT2D eigenvalue weighted by atomic mass is 9.94. The summed E-state index contributed by atoms with van der Waals surface area (Å²) in [4.78, 5) is 17.4. The molecule has 1 saturated heterocycles. The van der Waals surface area contributed by atoms with Crippen molar-refractivity contribution in [3.63, 3.8) is 0 Å². The smallest absolute Gasteiger partial charge is 0.253 e. The molecule has 0 aromatic heterocycles. The Hall–Kier alpha value is -2.39. The second kappa shape index (κ2) is 8.53. The molecular formula is C24H28N2O. The third kappa shape index (κ3) is 4.48. The van der Waals surface area contributed by atoms with Crippen molar-refractivity contribution in [1.82, 2.24) is 9.80 Å². The van der Waals surface area contributed by atoms with Gasteiger partial charge in [-0.15, -0.1) is 0 Å². The lowest BCUT2D eigenvalue weighted by molar-refractivity contribution is 0.0614. The summed E-state index contributed by atoms with van der Waals surface area (Å²) in [6.45, 7) is 4.84. The number of amides is 1. The summed E-state index contributed by atoms with van der Waals surface area (Å²) in [5.74, 6) is 0.956. The zero-order chi connectivity index (χ0) is 18.5. The Kier molecular flexibility index (Phi) is 5.69. The van der Waals surface area contributed by atoms with Gasteiger partial charge in [-0.25, -0.2) is 0 Å². The normalized spacial score (nSPS) is 20.6. The van der Waals surface area contributed by atoms with E-state index in [1.165, 1.54) is 31.4 Å². The third-order valence-corrected chi connectivity index (χ3v) is 5.79. The number of benzene rings is 2. The maximum atomic E-state index is 12.8. The first-order chi connectivity index (χ1) is 13.3. The minimum Gasteiger partial charge on any atom is -0.336 e. The van der Waals surface area contributed by atoms with Gasteiger partial charge < -0.3 is 4.90 Å². The van der Waals surface area contributed by atoms with Crippen LogP contribution >= 0.6 is 0 Å². The maximum Gasteiger partial charge on any atom is 0.253 e. The van der Waals surface area contributed by atoms with Crippen LogP contribution in [0.5, 0.6) is 0 Å². The van der Waals surface area contributed by atoms with E-state index in [0.29, 0.717) is 0 Å². The van der Waals surface area contributed by atoms with Gasteiger partial charge in [-0.1, -0.05) is 54.6 Å². The van der Waals surface area contributed by atoms with Crippen LogP contribution in [0.25, 0.3) is 11.1 Å². The van der Waals surface area contributed by atoms with Crippen LogP contribution in [0.4, 0.5) is 0 Å². The molecule has 2 aliphatic rings. The molecule has 0 spiro atoms. The molecule has 0 radical (unpaired) electrons. The molecule has 27 heavy (non-hydrogen) atoms. The number of carbonyl (C=O) groups is 1. The fourth-order valence-electron chi connectivity index (χ4n) is 4.14. The molecule has 1 aliphatic carbocycles. The monoisotopic (exact) mass is 360 g/mol. The Morgan fingerprint density at radius 3 is 2.22 bits per heavy atom. The van der Waals surface area contributed by atoms with Crippen LogP contribution in [0.1, 0.15) is 29.6 Å². The average molecular weight is 361 g/mol. The van der Waals surface area contributed by atoms with E-state index < -0.39 is 0 Å². The summed E-state index contributed by atoms with van der Waals surface area (Å²) in [5, 5.41) is 0. The second-order valence-corrected chi connectivity index (χ2v) is 7.69. The first kappa shape index (κ1) is 18.0. The Morgan fingerprint density at radius 1 is 0.852 bits per heavy atom. The fraction of sp³-hybridized carbons (Fsp3) is 0.375. The number of carbonyl (C=O) groups excluding carboxylic acids is 1. The Bertz CT molecular complexity index is 774. The lowest BCUT2D eigenvalue weighted by Crippen LogP contribution is -2.49. The quantitative estimate of drug-likeness (QED) is 0.751. The van der Waals surface area contributed by atoms with E-state index in [2.05, 4.69) is 41.3 Å². The van der Waals surface area contributed by atoms with Crippen molar-refractivity contribution >= 4 is 5.91 Å². The molecular weight excluding hydrogens is 332 g/mol. The molecule has 3 heteroatoms. The summed E-state index contributed by atoms with van der Waals surface area (Å²) in [7, 11) is 0. The van der Waals surface area contributed by atoms with E-state index in [-0.39, 0.29) is 5.91 Å². The molecule has 1 amide bonds. The largest absolute Gasteiger partial charge is 0.336 e. The molecule has 140 valence electrons. The molecule has 0 N–H and O–H groups in total. The summed E-state index contributed by atoms with van der Waals surface area (Å²) >= 11 is 0. The third-order valence-electron chi connectivity index (χ3n) is 5.79. The van der Waals surface area contributed by atoms with Gasteiger partial charge in [-0.05, 0) is 48.4 Å². The number of hydrogen-bond donors (Lipinski definition) is 0. The number of hydrogen-bond acceptors (Lipinski definition) is 2. The Labute approximate surface area is 162 Å². The number of nitrogens with zero attached hydrogens (tertiary/aromatic N) is 2. The van der Waals surface area contributed by atoms with Crippen molar-refractivity contribution in [1.29, 1.82) is 0 Å². The van der Waals surface area contributed by atoms with Crippen LogP contribution in [-0.2, 0) is 0 Å². The van der Waals surface area contributed by atoms with E-state index in [1.807, 2.05) is 35.2 Å². The summed E-state index contributed by atoms with van der Waals surface area (Å²) in [6.07, 6.45) is 8.38. The topological polar surface area (TPSA) is 23.6 Å². The summed E-state index contributed by atoms with van der Waals surface area (Å²) < 4.78 is 0. The Balaban J connectivity index is 1.32. The first-order valence-corrected chi connectivity index (χ1v) is 10.1. The summed E-state index contributed by atoms with van der Waals surface area (Å²) in [6, 6.07) is 18.3. The highest BCUT2D eigenvalue weighted by atomic mass is 16.2. The van der Waals surface area contributed by atoms with Crippen LogP contribution in [0.3, 0.4) is 0 Å². The van der Waals surface area contributed by atoms with Gasteiger partial charge in [0, 0.05) is 38.3 Å². The van der Waals surface area contributed by atoms with Crippen molar-refractivity contribution in [2.24, 2.45) is 5.92 Å². The predicted octanol–water partition coefficient (Wildman–Crippen LogP) is 4.47. The van der Waals surface area contributed by atoms with Crippen LogP contribution < -0.4 is 0 Å². The highest BCUT2D eigenvalue weighted by molar-refractivity contribution is 5.94. The zero-order valence-corrected chi connectivity index (χ0v) is 15.9. The molecule has 0 bridgehead atoms. The molecule has 4 rings (SSSR count). The predicted molar refractivity (Wildman–Crippen MR) is 111 cm³/mol. The number of rotatable bonds is 4. The summed E-state index contributed by atoms with van der Waals surface area (Å²) in [5.41, 5.74) is 3.13. The molecule has 0 saturated carbocycles. The highest BCUT2D eigenvalue weighted by Crippen LogP contribution is 2.22. The van der Waals surface area contributed by atoms with Gasteiger partial charge in [0.1, 0.15) is 0 Å². The van der Waals surface area contributed by atoms with Gasteiger partial charge >= 0.3 is 0 Å². The molecule has 2 aromatic rings. The molecule has 1 unspecified atom stereocenters. The zero-order valence-electron chi connectivity index (χ0n) is 15.9. The van der Waals surface area contributed by atoms with E-state index in [0.717, 1.165) is 43.2 Å². The van der Waals surface area contributed by atoms with Crippen molar-refractivity contribution in [3.8, 4) is 11.1 Å². The van der Waals surface area contributed by atoms with Crippen molar-refractivity contribution in [2.75, 3.05) is 32.7 Å². The van der Waals surface area contributed by atoms with Gasteiger partial charge in [-0.3, -0.25) is 9.69 Å². The standard InChI is InChI=1S/C24H28N2O/c27-24(23-13-11-22(12-14-23)21-9-5-2-6-10-21)26-17-15-25(16-18-26)19-20-7-3-1-4-8-20/h1-3,5-6,9-14,20H,4,7-8,15-19H2. The maximum absolute atomic E-state index is 12.8. The molecule has 1 aliphatic heterocycles. The highest BCUT2D eigenvalue weighted by Gasteiger charge is 2.24. The molecule has 1 atom stereocenters. The van der Waals surface area contributed by atoms with Crippen LogP contribution in [0, 0.1) is 5.92 Å². The average Bonchev–Trinajstić information content (AvgIpc) is 2.75. The van der Waals surface area contributed by atoms with Gasteiger partial charge in [-0.2, -0.15) is 0 Å². The minimum absolute atomic E-state index is 0.162. The van der Waals surface area contributed by atoms with Gasteiger partial charge in [0.15, 0.2) is 0 Å². The van der Waals surface area contributed by atoms with E-state index in [4.69, 9.17) is 0 Å². The number of allylic oxidation sites excluding steroid dienone is 2. The van der Waals surface area contributed by atoms with Crippen LogP contribution in [-0.4, -0.2) is 48.4 Å². The van der Waals surface area contributed by atoms with E-state index >= 15 is 0 Å². The Morgan fingerprint density at radius 2 is 1.56 bits per heavy atom. The first-order valence-electron chi connectivity index (χ1n) is 10.1. The van der Waals surface area contributed by atoms with Crippen LogP contribution in [0.2, 0.25) is 0 Å². The molecule has 2 aromatic carbocycles. The van der Waals surface area contributed by atoms with Gasteiger partial charge in [0.2, 0.25) is 0 Å². The van der Waals surface area contributed by atoms with Gasteiger partial charge in [0.25, 0.3) is 5.91 Å². The second-order valence-electron chi connectivity index (χ2n) is 7.69. The van der Waals surface area contributed by atoms with Crippen molar-refractivity contribution in [2.45, 2.75) is 19.3 Å².